The van der Waals surface area contributed by atoms with Crippen LogP contribution in [-0.2, 0) is 0 Å². The Kier molecular flexibility index (Phi) is 3.46. The molecule has 17 heavy (non-hydrogen) atoms. The predicted molar refractivity (Wildman–Crippen MR) is 69.2 cm³/mol. The number of imidazole rings is 1. The van der Waals surface area contributed by atoms with Crippen molar-refractivity contribution in [3.63, 3.8) is 0 Å². The minimum atomic E-state index is 0.711. The van der Waals surface area contributed by atoms with Gasteiger partial charge in [-0.1, -0.05) is 32.1 Å². The molecule has 0 amide bonds. The van der Waals surface area contributed by atoms with Crippen LogP contribution in [0.3, 0.4) is 0 Å². The first-order valence-corrected chi connectivity index (χ1v) is 7.17. The van der Waals surface area contributed by atoms with Crippen molar-refractivity contribution in [2.45, 2.75) is 56.9 Å². The Hall–Kier alpha value is -0.830. The molecule has 1 aliphatic carbocycles. The predicted octanol–water partition coefficient (Wildman–Crippen LogP) is 2.86. The Morgan fingerprint density at radius 3 is 2.41 bits per heavy atom. The van der Waals surface area contributed by atoms with E-state index in [0.717, 1.165) is 13.1 Å². The second-order valence-electron chi connectivity index (χ2n) is 5.58. The second-order valence-corrected chi connectivity index (χ2v) is 5.58. The molecule has 0 aromatic carbocycles. The first-order valence-electron chi connectivity index (χ1n) is 7.17. The summed E-state index contributed by atoms with van der Waals surface area (Å²) in [5, 5.41) is 3.36. The molecule has 1 aromatic rings. The zero-order chi connectivity index (χ0) is 11.5. The number of nitrogens with one attached hydrogen (secondary N) is 1. The Balaban J connectivity index is 1.74. The van der Waals surface area contributed by atoms with E-state index in [-0.39, 0.29) is 0 Å². The van der Waals surface area contributed by atoms with Crippen LogP contribution in [0.1, 0.15) is 62.6 Å². The van der Waals surface area contributed by atoms with Gasteiger partial charge in [0.05, 0.1) is 6.33 Å². The zero-order valence-electron chi connectivity index (χ0n) is 10.6. The molecule has 1 saturated heterocycles. The van der Waals surface area contributed by atoms with Gasteiger partial charge in [0, 0.05) is 36.9 Å². The lowest BCUT2D eigenvalue weighted by atomic mass is 9.94. The lowest BCUT2D eigenvalue weighted by Gasteiger charge is -2.31. The van der Waals surface area contributed by atoms with Gasteiger partial charge in [-0.15, -0.1) is 0 Å². The van der Waals surface area contributed by atoms with Crippen LogP contribution in [0.25, 0.3) is 0 Å². The van der Waals surface area contributed by atoms with Crippen LogP contribution in [-0.4, -0.2) is 22.6 Å². The summed E-state index contributed by atoms with van der Waals surface area (Å²) in [6.45, 7) is 2.27. The minimum absolute atomic E-state index is 0.711. The topological polar surface area (TPSA) is 29.9 Å². The van der Waals surface area contributed by atoms with Crippen LogP contribution < -0.4 is 5.32 Å². The molecule has 2 aliphatic rings. The molecule has 94 valence electrons. The number of rotatable bonds is 2. The average Bonchev–Trinajstić information content (AvgIpc) is 2.63. The van der Waals surface area contributed by atoms with Gasteiger partial charge in [0.1, 0.15) is 0 Å². The molecule has 0 atom stereocenters. The molecule has 2 fully saturated rings. The Labute approximate surface area is 104 Å². The lowest BCUT2D eigenvalue weighted by molar-refractivity contribution is 0.344. The van der Waals surface area contributed by atoms with Gasteiger partial charge in [0.2, 0.25) is 0 Å². The van der Waals surface area contributed by atoms with Crippen LogP contribution in [0.15, 0.2) is 12.5 Å². The third-order valence-electron chi connectivity index (χ3n) is 4.36. The molecule has 0 bridgehead atoms. The average molecular weight is 233 g/mol. The van der Waals surface area contributed by atoms with Gasteiger partial charge in [-0.05, 0) is 12.8 Å². The number of aromatic nitrogens is 2. The van der Waals surface area contributed by atoms with E-state index < -0.39 is 0 Å². The van der Waals surface area contributed by atoms with Crippen molar-refractivity contribution >= 4 is 0 Å². The van der Waals surface area contributed by atoms with Gasteiger partial charge in [-0.25, -0.2) is 4.98 Å². The van der Waals surface area contributed by atoms with E-state index >= 15 is 0 Å². The summed E-state index contributed by atoms with van der Waals surface area (Å²) in [4.78, 5) is 4.39. The fourth-order valence-electron chi connectivity index (χ4n) is 3.15. The first-order chi connectivity index (χ1) is 8.45. The molecule has 0 unspecified atom stereocenters. The lowest BCUT2D eigenvalue weighted by Crippen LogP contribution is -2.41. The highest BCUT2D eigenvalue weighted by molar-refractivity contribution is 5.12. The van der Waals surface area contributed by atoms with Gasteiger partial charge >= 0.3 is 0 Å². The summed E-state index contributed by atoms with van der Waals surface area (Å²) in [6, 6.07) is 0.716. The van der Waals surface area contributed by atoms with E-state index in [0.29, 0.717) is 12.0 Å². The number of nitrogens with zero attached hydrogens (tertiary/aromatic N) is 2. The monoisotopic (exact) mass is 233 g/mol. The molecular formula is C14H23N3. The van der Waals surface area contributed by atoms with E-state index in [1.807, 2.05) is 0 Å². The second kappa shape index (κ2) is 5.21. The summed E-state index contributed by atoms with van der Waals surface area (Å²) in [7, 11) is 0. The number of hydrogen-bond donors (Lipinski definition) is 1. The standard InChI is InChI=1S/C14H23N3/c1-2-4-6-13(7-5-3-1)17-11-16-10-14(17)12-8-15-9-12/h10-13,15H,1-9H2. The Morgan fingerprint density at radius 2 is 1.76 bits per heavy atom. The van der Waals surface area contributed by atoms with Crippen molar-refractivity contribution in [1.29, 1.82) is 0 Å². The van der Waals surface area contributed by atoms with E-state index in [1.54, 1.807) is 0 Å². The fraction of sp³-hybridized carbons (Fsp3) is 0.786. The van der Waals surface area contributed by atoms with Crippen molar-refractivity contribution in [3.8, 4) is 0 Å². The molecule has 0 radical (unpaired) electrons. The Bertz CT molecular complexity index is 346. The minimum Gasteiger partial charge on any atom is -0.331 e. The van der Waals surface area contributed by atoms with Crippen molar-refractivity contribution in [2.24, 2.45) is 0 Å². The highest BCUT2D eigenvalue weighted by atomic mass is 15.1. The maximum Gasteiger partial charge on any atom is 0.0950 e. The number of hydrogen-bond acceptors (Lipinski definition) is 2. The summed E-state index contributed by atoms with van der Waals surface area (Å²) in [5.74, 6) is 0.711. The third kappa shape index (κ3) is 2.39. The highest BCUT2D eigenvalue weighted by Gasteiger charge is 2.25. The van der Waals surface area contributed by atoms with Gasteiger partial charge in [0.15, 0.2) is 0 Å². The van der Waals surface area contributed by atoms with Crippen molar-refractivity contribution in [2.75, 3.05) is 13.1 Å². The molecule has 1 aliphatic heterocycles. The van der Waals surface area contributed by atoms with Crippen LogP contribution in [0.4, 0.5) is 0 Å². The molecule has 2 heterocycles. The van der Waals surface area contributed by atoms with E-state index in [2.05, 4.69) is 27.4 Å². The van der Waals surface area contributed by atoms with Crippen LogP contribution in [0, 0.1) is 0 Å². The van der Waals surface area contributed by atoms with Crippen molar-refractivity contribution < 1.29 is 0 Å². The van der Waals surface area contributed by atoms with Crippen LogP contribution >= 0.6 is 0 Å². The SMILES string of the molecule is c1ncn(C2CCCCCCC2)c1C1CNC1. The van der Waals surface area contributed by atoms with E-state index in [4.69, 9.17) is 0 Å². The molecule has 1 saturated carbocycles. The normalized spacial score (nSPS) is 24.0. The highest BCUT2D eigenvalue weighted by Crippen LogP contribution is 2.30. The molecule has 3 rings (SSSR count). The van der Waals surface area contributed by atoms with Gasteiger partial charge in [-0.3, -0.25) is 0 Å². The quantitative estimate of drug-likeness (QED) is 0.851. The maximum absolute atomic E-state index is 4.39. The summed E-state index contributed by atoms with van der Waals surface area (Å²) < 4.78 is 2.48. The molecule has 0 spiro atoms. The van der Waals surface area contributed by atoms with Crippen molar-refractivity contribution in [3.05, 3.63) is 18.2 Å². The molecule has 1 N–H and O–H groups in total. The van der Waals surface area contributed by atoms with Crippen molar-refractivity contribution in [1.82, 2.24) is 14.9 Å². The first kappa shape index (κ1) is 11.3. The maximum atomic E-state index is 4.39. The van der Waals surface area contributed by atoms with Gasteiger partial charge in [-0.2, -0.15) is 0 Å². The molecule has 1 aromatic heterocycles. The molecule has 3 heteroatoms. The third-order valence-corrected chi connectivity index (χ3v) is 4.36. The molecular weight excluding hydrogens is 210 g/mol. The summed E-state index contributed by atoms with van der Waals surface area (Å²) in [5.41, 5.74) is 1.47. The smallest absolute Gasteiger partial charge is 0.0950 e. The Morgan fingerprint density at radius 1 is 1.06 bits per heavy atom. The molecule has 3 nitrogen and oxygen atoms in total. The van der Waals surface area contributed by atoms with Gasteiger partial charge in [0.25, 0.3) is 0 Å². The van der Waals surface area contributed by atoms with Crippen LogP contribution in [0.5, 0.6) is 0 Å². The van der Waals surface area contributed by atoms with E-state index in [1.165, 1.54) is 50.6 Å². The summed E-state index contributed by atoms with van der Waals surface area (Å²) >= 11 is 0. The van der Waals surface area contributed by atoms with Gasteiger partial charge < -0.3 is 9.88 Å². The van der Waals surface area contributed by atoms with Crippen LogP contribution in [0.2, 0.25) is 0 Å². The summed E-state index contributed by atoms with van der Waals surface area (Å²) in [6.07, 6.45) is 13.9. The fourth-order valence-corrected chi connectivity index (χ4v) is 3.15. The van der Waals surface area contributed by atoms with E-state index in [9.17, 15) is 0 Å². The largest absolute Gasteiger partial charge is 0.331 e. The zero-order valence-corrected chi connectivity index (χ0v) is 10.6.